The van der Waals surface area contributed by atoms with Crippen molar-refractivity contribution in [1.29, 1.82) is 0 Å². The Hall–Kier alpha value is -1.47. The summed E-state index contributed by atoms with van der Waals surface area (Å²) in [5.74, 6) is -0.718. The van der Waals surface area contributed by atoms with Gasteiger partial charge >= 0.3 is 12.4 Å². The zero-order chi connectivity index (χ0) is 13.3. The first kappa shape index (κ1) is 13.6. The van der Waals surface area contributed by atoms with Crippen molar-refractivity contribution >= 4 is 0 Å². The van der Waals surface area contributed by atoms with Gasteiger partial charge in [0.15, 0.2) is 0 Å². The largest absolute Gasteiger partial charge is 0.455 e. The average molecular weight is 259 g/mol. The van der Waals surface area contributed by atoms with Gasteiger partial charge in [-0.15, -0.1) is 0 Å². The van der Waals surface area contributed by atoms with E-state index < -0.39 is 24.3 Å². The summed E-state index contributed by atoms with van der Waals surface area (Å²) in [6, 6.07) is 2.41. The Kier molecular flexibility index (Phi) is 3.53. The van der Waals surface area contributed by atoms with Gasteiger partial charge in [-0.05, 0) is 18.6 Å². The van der Waals surface area contributed by atoms with Crippen LogP contribution in [0, 0.1) is 6.92 Å². The van der Waals surface area contributed by atoms with Gasteiger partial charge in [0, 0.05) is 12.3 Å². The summed E-state index contributed by atoms with van der Waals surface area (Å²) < 4.78 is 76.6. The molecule has 8 heteroatoms. The molecular weight excluding hydrogens is 252 g/mol. The third-order valence-corrected chi connectivity index (χ3v) is 1.72. The standard InChI is InChI=1S/C9H7F6NO/c1-5-2-3-16-6(4-5)17-7(8(10,11)12)9(13,14)15/h2-4,7H,1H3. The molecule has 17 heavy (non-hydrogen) atoms. The Bertz CT molecular complexity index is 372. The van der Waals surface area contributed by atoms with Crippen molar-refractivity contribution in [3.63, 3.8) is 0 Å². The van der Waals surface area contributed by atoms with Crippen LogP contribution in [0.2, 0.25) is 0 Å². The summed E-state index contributed by atoms with van der Waals surface area (Å²) >= 11 is 0. The summed E-state index contributed by atoms with van der Waals surface area (Å²) in [5.41, 5.74) is 0.443. The lowest BCUT2D eigenvalue weighted by atomic mass is 10.3. The normalized spacial score (nSPS) is 12.9. The first-order chi connectivity index (χ1) is 7.60. The summed E-state index contributed by atoms with van der Waals surface area (Å²) in [6.07, 6.45) is -13.9. The van der Waals surface area contributed by atoms with E-state index in [9.17, 15) is 26.3 Å². The van der Waals surface area contributed by atoms with Gasteiger partial charge in [0.05, 0.1) is 0 Å². The second-order valence-electron chi connectivity index (χ2n) is 3.25. The van der Waals surface area contributed by atoms with E-state index in [0.29, 0.717) is 5.56 Å². The average Bonchev–Trinajstić information content (AvgIpc) is 2.10. The quantitative estimate of drug-likeness (QED) is 0.760. The van der Waals surface area contributed by atoms with E-state index >= 15 is 0 Å². The maximum atomic E-state index is 12.1. The number of halogens is 6. The molecule has 1 heterocycles. The van der Waals surface area contributed by atoms with Crippen LogP contribution in [0.3, 0.4) is 0 Å². The van der Waals surface area contributed by atoms with Gasteiger partial charge in [0.2, 0.25) is 5.88 Å². The van der Waals surface area contributed by atoms with Crippen molar-refractivity contribution in [2.45, 2.75) is 25.4 Å². The Morgan fingerprint density at radius 1 is 1.12 bits per heavy atom. The minimum absolute atomic E-state index is 0.443. The van der Waals surface area contributed by atoms with Crippen LogP contribution in [-0.4, -0.2) is 23.4 Å². The lowest BCUT2D eigenvalue weighted by Crippen LogP contribution is -2.46. The second-order valence-corrected chi connectivity index (χ2v) is 3.25. The van der Waals surface area contributed by atoms with Crippen molar-refractivity contribution in [2.75, 3.05) is 0 Å². The molecule has 0 fully saturated rings. The van der Waals surface area contributed by atoms with E-state index in [1.165, 1.54) is 13.0 Å². The molecule has 0 bridgehead atoms. The SMILES string of the molecule is Cc1ccnc(OC(C(F)(F)F)C(F)(F)F)c1. The molecule has 0 aromatic carbocycles. The number of ether oxygens (including phenoxy) is 1. The molecule has 0 N–H and O–H groups in total. The number of aromatic nitrogens is 1. The van der Waals surface area contributed by atoms with Crippen LogP contribution in [0.25, 0.3) is 0 Å². The monoisotopic (exact) mass is 259 g/mol. The van der Waals surface area contributed by atoms with Crippen molar-refractivity contribution in [3.05, 3.63) is 23.9 Å². The molecule has 0 amide bonds. The maximum absolute atomic E-state index is 12.1. The van der Waals surface area contributed by atoms with Gasteiger partial charge in [-0.3, -0.25) is 0 Å². The fourth-order valence-electron chi connectivity index (χ4n) is 1.01. The van der Waals surface area contributed by atoms with Crippen LogP contribution in [-0.2, 0) is 0 Å². The van der Waals surface area contributed by atoms with Crippen LogP contribution in [0.1, 0.15) is 5.56 Å². The highest BCUT2D eigenvalue weighted by Gasteiger charge is 2.59. The first-order valence-corrected chi connectivity index (χ1v) is 4.33. The predicted octanol–water partition coefficient (Wildman–Crippen LogP) is 3.26. The summed E-state index contributed by atoms with van der Waals surface area (Å²) in [5, 5.41) is 0. The number of alkyl halides is 6. The predicted molar refractivity (Wildman–Crippen MR) is 45.5 cm³/mol. The minimum Gasteiger partial charge on any atom is -0.455 e. The van der Waals surface area contributed by atoms with E-state index in [4.69, 9.17) is 0 Å². The fraction of sp³-hybridized carbons (Fsp3) is 0.444. The van der Waals surface area contributed by atoms with Gasteiger partial charge in [-0.2, -0.15) is 26.3 Å². The smallest absolute Gasteiger partial charge is 0.434 e. The van der Waals surface area contributed by atoms with Crippen LogP contribution in [0.4, 0.5) is 26.3 Å². The molecule has 1 rings (SSSR count). The van der Waals surface area contributed by atoms with E-state index in [0.717, 1.165) is 12.3 Å². The zero-order valence-electron chi connectivity index (χ0n) is 8.43. The third-order valence-electron chi connectivity index (χ3n) is 1.72. The summed E-state index contributed by atoms with van der Waals surface area (Å²) in [4.78, 5) is 3.28. The molecule has 0 saturated heterocycles. The van der Waals surface area contributed by atoms with Gasteiger partial charge in [0.25, 0.3) is 6.10 Å². The number of rotatable bonds is 2. The molecular formula is C9H7F6NO. The molecule has 0 saturated carbocycles. The van der Waals surface area contributed by atoms with Crippen molar-refractivity contribution < 1.29 is 31.1 Å². The lowest BCUT2D eigenvalue weighted by Gasteiger charge is -2.23. The van der Waals surface area contributed by atoms with Crippen molar-refractivity contribution in [1.82, 2.24) is 4.98 Å². The van der Waals surface area contributed by atoms with Gasteiger partial charge in [0.1, 0.15) is 0 Å². The molecule has 0 radical (unpaired) electrons. The summed E-state index contributed by atoms with van der Waals surface area (Å²) in [6.45, 7) is 1.49. The molecule has 1 aromatic rings. The van der Waals surface area contributed by atoms with Crippen LogP contribution in [0.5, 0.6) is 5.88 Å². The molecule has 0 aliphatic heterocycles. The van der Waals surface area contributed by atoms with Crippen molar-refractivity contribution in [3.8, 4) is 5.88 Å². The number of nitrogens with zero attached hydrogens (tertiary/aromatic N) is 1. The van der Waals surface area contributed by atoms with E-state index in [-0.39, 0.29) is 0 Å². The Morgan fingerprint density at radius 3 is 2.06 bits per heavy atom. The highest BCUT2D eigenvalue weighted by Crippen LogP contribution is 2.36. The highest BCUT2D eigenvalue weighted by atomic mass is 19.4. The third kappa shape index (κ3) is 3.79. The van der Waals surface area contributed by atoms with Crippen molar-refractivity contribution in [2.24, 2.45) is 0 Å². The molecule has 0 unspecified atom stereocenters. The first-order valence-electron chi connectivity index (χ1n) is 4.33. The number of hydrogen-bond donors (Lipinski definition) is 0. The number of aryl methyl sites for hydroxylation is 1. The van der Waals surface area contributed by atoms with Crippen LogP contribution < -0.4 is 4.74 Å². The molecule has 0 aliphatic carbocycles. The van der Waals surface area contributed by atoms with Gasteiger partial charge < -0.3 is 4.74 Å². The number of pyridine rings is 1. The fourth-order valence-corrected chi connectivity index (χ4v) is 1.01. The van der Waals surface area contributed by atoms with Gasteiger partial charge in [-0.25, -0.2) is 4.98 Å². The molecule has 0 atom stereocenters. The zero-order valence-corrected chi connectivity index (χ0v) is 8.43. The molecule has 96 valence electrons. The molecule has 1 aromatic heterocycles. The summed E-state index contributed by atoms with van der Waals surface area (Å²) in [7, 11) is 0. The van der Waals surface area contributed by atoms with Crippen LogP contribution >= 0.6 is 0 Å². The highest BCUT2D eigenvalue weighted by molar-refractivity contribution is 5.19. The topological polar surface area (TPSA) is 22.1 Å². The van der Waals surface area contributed by atoms with E-state index in [1.807, 2.05) is 0 Å². The Morgan fingerprint density at radius 2 is 1.65 bits per heavy atom. The van der Waals surface area contributed by atoms with Gasteiger partial charge in [-0.1, -0.05) is 0 Å². The second kappa shape index (κ2) is 4.42. The Labute approximate surface area is 92.2 Å². The van der Waals surface area contributed by atoms with E-state index in [2.05, 4.69) is 9.72 Å². The number of hydrogen-bond acceptors (Lipinski definition) is 2. The van der Waals surface area contributed by atoms with Crippen LogP contribution in [0.15, 0.2) is 18.3 Å². The lowest BCUT2D eigenvalue weighted by molar-refractivity contribution is -0.300. The minimum atomic E-state index is -5.54. The Balaban J connectivity index is 2.96. The van der Waals surface area contributed by atoms with E-state index in [1.54, 1.807) is 0 Å². The molecule has 0 spiro atoms. The maximum Gasteiger partial charge on any atom is 0.434 e. The molecule has 2 nitrogen and oxygen atoms in total. The molecule has 0 aliphatic rings.